The van der Waals surface area contributed by atoms with Crippen molar-refractivity contribution < 1.29 is 9.18 Å². The highest BCUT2D eigenvalue weighted by Gasteiger charge is 2.21. The van der Waals surface area contributed by atoms with Crippen LogP contribution in [0, 0.1) is 11.7 Å². The van der Waals surface area contributed by atoms with Gasteiger partial charge in [-0.1, -0.05) is 32.0 Å². The van der Waals surface area contributed by atoms with Crippen molar-refractivity contribution in [3.63, 3.8) is 0 Å². The molecule has 0 aliphatic carbocycles. The van der Waals surface area contributed by atoms with E-state index in [1.54, 1.807) is 35.7 Å². The Balaban J connectivity index is 1.31. The molecule has 0 bridgehead atoms. The molecular formula is C29H27FN6OS. The zero-order valence-electron chi connectivity index (χ0n) is 21.0. The average molecular weight is 527 g/mol. The number of nitrogens with one attached hydrogen (secondary N) is 2. The molecule has 0 spiro atoms. The second-order valence-electron chi connectivity index (χ2n) is 9.26. The number of fused-ring (bicyclic) bond motifs is 1. The van der Waals surface area contributed by atoms with Gasteiger partial charge in [0.05, 0.1) is 23.7 Å². The van der Waals surface area contributed by atoms with Gasteiger partial charge in [-0.15, -0.1) is 11.3 Å². The van der Waals surface area contributed by atoms with Crippen molar-refractivity contribution in [2.24, 2.45) is 5.92 Å². The third kappa shape index (κ3) is 5.47. The molecule has 5 aromatic rings. The predicted octanol–water partition coefficient (Wildman–Crippen LogP) is 6.21. The van der Waals surface area contributed by atoms with Crippen molar-refractivity contribution in [3.05, 3.63) is 101 Å². The van der Waals surface area contributed by atoms with Crippen LogP contribution in [0.4, 0.5) is 16.0 Å². The Kier molecular flexibility index (Phi) is 7.28. The topological polar surface area (TPSA) is 106 Å². The molecule has 1 amide bonds. The minimum Gasteiger partial charge on any atom is -0.383 e. The Bertz CT molecular complexity index is 1600. The Hall–Kier alpha value is -4.37. The molecule has 1 atom stereocenters. The maximum Gasteiger partial charge on any atom is 0.255 e. The number of pyridine rings is 1. The van der Waals surface area contributed by atoms with Crippen LogP contribution in [-0.4, -0.2) is 20.9 Å². The number of rotatable bonds is 8. The van der Waals surface area contributed by atoms with Gasteiger partial charge in [0, 0.05) is 21.3 Å². The number of nitrogens with zero attached hydrogens (tertiary/aromatic N) is 3. The Morgan fingerprint density at radius 3 is 2.71 bits per heavy atom. The Morgan fingerprint density at radius 2 is 1.89 bits per heavy atom. The zero-order chi connectivity index (χ0) is 26.6. The zero-order valence-corrected chi connectivity index (χ0v) is 21.8. The number of hydrogen-bond donors (Lipinski definition) is 3. The third-order valence-electron chi connectivity index (χ3n) is 6.26. The third-order valence-corrected chi connectivity index (χ3v) is 7.39. The van der Waals surface area contributed by atoms with Crippen LogP contribution in [0.25, 0.3) is 21.3 Å². The van der Waals surface area contributed by atoms with Gasteiger partial charge in [-0.25, -0.2) is 19.3 Å². The molecule has 0 fully saturated rings. The van der Waals surface area contributed by atoms with Crippen LogP contribution in [0.5, 0.6) is 0 Å². The molecule has 192 valence electrons. The number of aromatic nitrogens is 3. The predicted molar refractivity (Wildman–Crippen MR) is 150 cm³/mol. The largest absolute Gasteiger partial charge is 0.383 e. The molecule has 0 saturated heterocycles. The van der Waals surface area contributed by atoms with Crippen LogP contribution < -0.4 is 16.4 Å². The summed E-state index contributed by atoms with van der Waals surface area (Å²) in [5.41, 5.74) is 9.02. The van der Waals surface area contributed by atoms with Gasteiger partial charge in [-0.3, -0.25) is 4.79 Å². The average Bonchev–Trinajstić information content (AvgIpc) is 3.39. The molecule has 4 N–H and O–H groups in total. The molecule has 0 aliphatic heterocycles. The number of nitrogens with two attached hydrogens (primary N) is 1. The second-order valence-corrected chi connectivity index (χ2v) is 10.4. The highest BCUT2D eigenvalue weighted by atomic mass is 32.1. The van der Waals surface area contributed by atoms with E-state index in [0.717, 1.165) is 31.8 Å². The van der Waals surface area contributed by atoms with Crippen LogP contribution in [0.2, 0.25) is 0 Å². The summed E-state index contributed by atoms with van der Waals surface area (Å²) in [5.74, 6) is 0.398. The maximum atomic E-state index is 13.8. The lowest BCUT2D eigenvalue weighted by molar-refractivity contribution is 0.0926. The number of hydrogen-bond acceptors (Lipinski definition) is 7. The first-order valence-electron chi connectivity index (χ1n) is 12.2. The summed E-state index contributed by atoms with van der Waals surface area (Å²) in [6.07, 6.45) is 3.11. The number of carbonyl (C=O) groups excluding carboxylic acids is 1. The van der Waals surface area contributed by atoms with Gasteiger partial charge < -0.3 is 16.4 Å². The molecule has 5 rings (SSSR count). The molecule has 9 heteroatoms. The van der Waals surface area contributed by atoms with Crippen molar-refractivity contribution >= 4 is 39.8 Å². The summed E-state index contributed by atoms with van der Waals surface area (Å²) in [6.45, 7) is 4.48. The van der Waals surface area contributed by atoms with Crippen molar-refractivity contribution in [3.8, 4) is 10.4 Å². The van der Waals surface area contributed by atoms with Gasteiger partial charge in [-0.05, 0) is 65.6 Å². The highest BCUT2D eigenvalue weighted by Crippen LogP contribution is 2.32. The van der Waals surface area contributed by atoms with Gasteiger partial charge in [0.15, 0.2) is 0 Å². The van der Waals surface area contributed by atoms with Crippen molar-refractivity contribution in [1.29, 1.82) is 0 Å². The van der Waals surface area contributed by atoms with E-state index in [1.165, 1.54) is 18.5 Å². The molecule has 7 nitrogen and oxygen atoms in total. The summed E-state index contributed by atoms with van der Waals surface area (Å²) in [5, 5.41) is 7.18. The lowest BCUT2D eigenvalue weighted by atomic mass is 9.95. The first-order chi connectivity index (χ1) is 18.4. The number of benzene rings is 2. The monoisotopic (exact) mass is 526 g/mol. The van der Waals surface area contributed by atoms with Crippen LogP contribution in [0.1, 0.15) is 40.7 Å². The Labute approximate surface area is 224 Å². The second kappa shape index (κ2) is 10.9. The van der Waals surface area contributed by atoms with Crippen LogP contribution in [0.3, 0.4) is 0 Å². The number of carbonyl (C=O) groups is 1. The van der Waals surface area contributed by atoms with E-state index in [-0.39, 0.29) is 23.7 Å². The van der Waals surface area contributed by atoms with Crippen LogP contribution >= 0.6 is 11.3 Å². The maximum absolute atomic E-state index is 13.8. The van der Waals surface area contributed by atoms with Crippen LogP contribution in [0.15, 0.2) is 79.3 Å². The molecule has 0 aliphatic rings. The highest BCUT2D eigenvalue weighted by molar-refractivity contribution is 7.15. The lowest BCUT2D eigenvalue weighted by Gasteiger charge is -2.23. The van der Waals surface area contributed by atoms with Crippen molar-refractivity contribution in [2.75, 3.05) is 11.1 Å². The fourth-order valence-corrected chi connectivity index (χ4v) is 5.26. The lowest BCUT2D eigenvalue weighted by Crippen LogP contribution is -2.32. The van der Waals surface area contributed by atoms with Gasteiger partial charge in [0.2, 0.25) is 0 Å². The number of thiophene rings is 1. The number of amides is 1. The molecule has 3 heterocycles. The minimum absolute atomic E-state index is 0.0652. The smallest absolute Gasteiger partial charge is 0.255 e. The number of nitrogen functional groups attached to an aromatic ring is 1. The van der Waals surface area contributed by atoms with Crippen LogP contribution in [-0.2, 0) is 6.54 Å². The first kappa shape index (κ1) is 25.3. The van der Waals surface area contributed by atoms with E-state index in [1.807, 2.05) is 44.2 Å². The molecule has 2 aromatic carbocycles. The molecule has 0 saturated carbocycles. The molecule has 1 unspecified atom stereocenters. The van der Waals surface area contributed by atoms with Gasteiger partial charge in [0.1, 0.15) is 23.8 Å². The quantitative estimate of drug-likeness (QED) is 0.222. The van der Waals surface area contributed by atoms with Gasteiger partial charge >= 0.3 is 0 Å². The summed E-state index contributed by atoms with van der Waals surface area (Å²) in [6, 6.07) is 19.5. The SMILES string of the molecule is CC(C)C(NC(=O)c1cccnc1NCc1ccc(-c2ccc3ncnc(N)c3c2)s1)c1cccc(F)c1. The fraction of sp³-hybridized carbons (Fsp3) is 0.172. The molecule has 3 aromatic heterocycles. The van der Waals surface area contributed by atoms with E-state index in [0.29, 0.717) is 23.7 Å². The van der Waals surface area contributed by atoms with E-state index in [9.17, 15) is 9.18 Å². The summed E-state index contributed by atoms with van der Waals surface area (Å²) >= 11 is 1.64. The molecule has 0 radical (unpaired) electrons. The number of anilines is 2. The normalized spacial score (nSPS) is 12.0. The molecular weight excluding hydrogens is 499 g/mol. The molecule has 38 heavy (non-hydrogen) atoms. The van der Waals surface area contributed by atoms with E-state index < -0.39 is 0 Å². The fourth-order valence-electron chi connectivity index (χ4n) is 4.31. The van der Waals surface area contributed by atoms with Gasteiger partial charge in [0.25, 0.3) is 5.91 Å². The van der Waals surface area contributed by atoms with E-state index >= 15 is 0 Å². The van der Waals surface area contributed by atoms with Crippen molar-refractivity contribution in [2.45, 2.75) is 26.4 Å². The summed E-state index contributed by atoms with van der Waals surface area (Å²) < 4.78 is 13.8. The minimum atomic E-state index is -0.340. The van der Waals surface area contributed by atoms with Crippen molar-refractivity contribution in [1.82, 2.24) is 20.3 Å². The standard InChI is InChI=1S/C29H27FN6OS/c1-17(2)26(19-5-3-6-20(30)13-19)36-29(37)22-7-4-12-32-28(22)33-15-21-9-11-25(38-21)18-8-10-24-23(14-18)27(31)35-16-34-24/h3-14,16-17,26H,15H2,1-2H3,(H,32,33)(H,36,37)(H2,31,34,35). The summed E-state index contributed by atoms with van der Waals surface area (Å²) in [7, 11) is 0. The summed E-state index contributed by atoms with van der Waals surface area (Å²) in [4.78, 5) is 28.2. The first-order valence-corrected chi connectivity index (χ1v) is 13.0. The van der Waals surface area contributed by atoms with E-state index in [2.05, 4.69) is 31.7 Å². The Morgan fingerprint density at radius 1 is 1.03 bits per heavy atom. The van der Waals surface area contributed by atoms with E-state index in [4.69, 9.17) is 5.73 Å². The van der Waals surface area contributed by atoms with Gasteiger partial charge in [-0.2, -0.15) is 0 Å². The number of halogens is 1.